The zero-order valence-electron chi connectivity index (χ0n) is 12.2. The summed E-state index contributed by atoms with van der Waals surface area (Å²) in [4.78, 5) is 4.86. The molecule has 2 saturated heterocycles. The van der Waals surface area contributed by atoms with Gasteiger partial charge in [-0.3, -0.25) is 0 Å². The van der Waals surface area contributed by atoms with Crippen molar-refractivity contribution < 1.29 is 4.74 Å². The molecule has 4 nitrogen and oxygen atoms in total. The van der Waals surface area contributed by atoms with Crippen LogP contribution in [-0.4, -0.2) is 75.9 Å². The highest BCUT2D eigenvalue weighted by Crippen LogP contribution is 2.26. The van der Waals surface area contributed by atoms with Crippen molar-refractivity contribution in [3.8, 4) is 0 Å². The molecule has 0 amide bonds. The first-order chi connectivity index (χ1) is 8.66. The summed E-state index contributed by atoms with van der Waals surface area (Å²) in [6.07, 6.45) is 4.25. The Kier molecular flexibility index (Phi) is 5.42. The molecule has 0 aliphatic carbocycles. The number of nitrogens with zero attached hydrogens (tertiary/aromatic N) is 2. The zero-order chi connectivity index (χ0) is 13.0. The van der Waals surface area contributed by atoms with Crippen LogP contribution in [0.4, 0.5) is 0 Å². The summed E-state index contributed by atoms with van der Waals surface area (Å²) in [6, 6.07) is 0.670. The third kappa shape index (κ3) is 3.92. The van der Waals surface area contributed by atoms with Gasteiger partial charge in [-0.15, -0.1) is 0 Å². The molecular formula is C14H29N3O. The predicted octanol–water partition coefficient (Wildman–Crippen LogP) is 0.637. The van der Waals surface area contributed by atoms with Crippen LogP contribution in [0.25, 0.3) is 0 Å². The molecule has 2 fully saturated rings. The Morgan fingerprint density at radius 2 is 2.06 bits per heavy atom. The van der Waals surface area contributed by atoms with Crippen LogP contribution in [-0.2, 0) is 4.74 Å². The maximum Gasteiger partial charge on any atom is 0.0715 e. The first-order valence-corrected chi connectivity index (χ1v) is 7.34. The molecule has 2 aliphatic heterocycles. The minimum absolute atomic E-state index is 0.408. The van der Waals surface area contributed by atoms with Crippen LogP contribution in [0.3, 0.4) is 0 Å². The van der Waals surface area contributed by atoms with Gasteiger partial charge in [-0.05, 0) is 59.4 Å². The highest BCUT2D eigenvalue weighted by atomic mass is 16.5. The van der Waals surface area contributed by atoms with Crippen LogP contribution in [0.5, 0.6) is 0 Å². The van der Waals surface area contributed by atoms with Gasteiger partial charge in [0.05, 0.1) is 12.7 Å². The highest BCUT2D eigenvalue weighted by Gasteiger charge is 2.29. The van der Waals surface area contributed by atoms with Crippen molar-refractivity contribution in [1.82, 2.24) is 15.1 Å². The smallest absolute Gasteiger partial charge is 0.0715 e. The zero-order valence-corrected chi connectivity index (χ0v) is 12.2. The molecule has 0 radical (unpaired) electrons. The molecule has 2 aliphatic rings. The van der Waals surface area contributed by atoms with Crippen molar-refractivity contribution in [2.24, 2.45) is 5.92 Å². The Morgan fingerprint density at radius 3 is 2.61 bits per heavy atom. The van der Waals surface area contributed by atoms with Crippen LogP contribution in [0.15, 0.2) is 0 Å². The summed E-state index contributed by atoms with van der Waals surface area (Å²) < 4.78 is 5.87. The maximum absolute atomic E-state index is 5.87. The van der Waals surface area contributed by atoms with Crippen molar-refractivity contribution in [1.29, 1.82) is 0 Å². The second-order valence-corrected chi connectivity index (χ2v) is 6.10. The van der Waals surface area contributed by atoms with Gasteiger partial charge in [-0.25, -0.2) is 0 Å². The van der Waals surface area contributed by atoms with Gasteiger partial charge in [-0.2, -0.15) is 0 Å². The van der Waals surface area contributed by atoms with Crippen molar-refractivity contribution in [3.05, 3.63) is 0 Å². The van der Waals surface area contributed by atoms with E-state index in [0.717, 1.165) is 25.6 Å². The molecule has 2 atom stereocenters. The van der Waals surface area contributed by atoms with Gasteiger partial charge in [0.1, 0.15) is 0 Å². The van der Waals surface area contributed by atoms with E-state index in [1.165, 1.54) is 32.4 Å². The molecule has 0 aromatic rings. The van der Waals surface area contributed by atoms with Gasteiger partial charge < -0.3 is 19.9 Å². The quantitative estimate of drug-likeness (QED) is 0.798. The monoisotopic (exact) mass is 255 g/mol. The molecule has 1 N–H and O–H groups in total. The van der Waals surface area contributed by atoms with Gasteiger partial charge in [0.15, 0.2) is 0 Å². The molecule has 0 aromatic heterocycles. The molecule has 2 unspecified atom stereocenters. The second-order valence-electron chi connectivity index (χ2n) is 6.10. The molecule has 4 heteroatoms. The SMILES string of the molecule is CN1CCC(C(CC2CNCCO2)N(C)C)CC1. The molecule has 2 heterocycles. The fraction of sp³-hybridized carbons (Fsp3) is 1.00. The molecule has 0 saturated carbocycles. The van der Waals surface area contributed by atoms with Crippen molar-refractivity contribution in [2.75, 3.05) is 53.9 Å². The Balaban J connectivity index is 1.86. The number of piperidine rings is 1. The Hall–Kier alpha value is -0.160. The Bertz CT molecular complexity index is 233. The number of nitrogens with one attached hydrogen (secondary N) is 1. The van der Waals surface area contributed by atoms with E-state index < -0.39 is 0 Å². The van der Waals surface area contributed by atoms with Crippen LogP contribution in [0.2, 0.25) is 0 Å². The average Bonchev–Trinajstić information content (AvgIpc) is 2.38. The molecule has 0 bridgehead atoms. The normalized spacial score (nSPS) is 29.7. The van der Waals surface area contributed by atoms with E-state index in [4.69, 9.17) is 4.74 Å². The van der Waals surface area contributed by atoms with E-state index in [1.807, 2.05) is 0 Å². The average molecular weight is 255 g/mol. The van der Waals surface area contributed by atoms with E-state index in [9.17, 15) is 0 Å². The van der Waals surface area contributed by atoms with Gasteiger partial charge in [0.2, 0.25) is 0 Å². The summed E-state index contributed by atoms with van der Waals surface area (Å²) in [7, 11) is 6.67. The lowest BCUT2D eigenvalue weighted by Gasteiger charge is -2.39. The number of hydrogen-bond acceptors (Lipinski definition) is 4. The molecule has 106 valence electrons. The van der Waals surface area contributed by atoms with Gasteiger partial charge in [0, 0.05) is 19.1 Å². The van der Waals surface area contributed by atoms with Gasteiger partial charge >= 0.3 is 0 Å². The third-order valence-corrected chi connectivity index (χ3v) is 4.48. The second kappa shape index (κ2) is 6.85. The predicted molar refractivity (Wildman–Crippen MR) is 74.9 cm³/mol. The summed E-state index contributed by atoms with van der Waals surface area (Å²) in [5.41, 5.74) is 0. The lowest BCUT2D eigenvalue weighted by Crippen LogP contribution is -2.47. The van der Waals surface area contributed by atoms with E-state index in [-0.39, 0.29) is 0 Å². The summed E-state index contributed by atoms with van der Waals surface area (Å²) in [6.45, 7) is 5.41. The lowest BCUT2D eigenvalue weighted by molar-refractivity contribution is -0.00332. The standard InChI is InChI=1S/C14H29N3O/c1-16(2)14(10-13-11-15-6-9-18-13)12-4-7-17(3)8-5-12/h12-15H,4-11H2,1-3H3. The number of likely N-dealkylation sites (tertiary alicyclic amines) is 1. The maximum atomic E-state index is 5.87. The summed E-state index contributed by atoms with van der Waals surface area (Å²) >= 11 is 0. The fourth-order valence-electron chi connectivity index (χ4n) is 3.28. The number of hydrogen-bond donors (Lipinski definition) is 1. The number of ether oxygens (including phenoxy) is 1. The van der Waals surface area contributed by atoms with Gasteiger partial charge in [0.25, 0.3) is 0 Å². The van der Waals surface area contributed by atoms with Crippen LogP contribution in [0.1, 0.15) is 19.3 Å². The molecule has 0 spiro atoms. The highest BCUT2D eigenvalue weighted by molar-refractivity contribution is 4.84. The van der Waals surface area contributed by atoms with E-state index >= 15 is 0 Å². The lowest BCUT2D eigenvalue weighted by atomic mass is 9.85. The van der Waals surface area contributed by atoms with Crippen LogP contribution in [0, 0.1) is 5.92 Å². The number of rotatable bonds is 4. The van der Waals surface area contributed by atoms with Crippen LogP contribution < -0.4 is 5.32 Å². The van der Waals surface area contributed by atoms with E-state index in [0.29, 0.717) is 12.1 Å². The first kappa shape index (κ1) is 14.3. The van der Waals surface area contributed by atoms with Gasteiger partial charge in [-0.1, -0.05) is 0 Å². The Labute approximate surface area is 112 Å². The largest absolute Gasteiger partial charge is 0.376 e. The summed E-state index contributed by atoms with van der Waals surface area (Å²) in [5, 5.41) is 3.44. The van der Waals surface area contributed by atoms with Crippen molar-refractivity contribution in [2.45, 2.75) is 31.4 Å². The number of morpholine rings is 1. The molecular weight excluding hydrogens is 226 g/mol. The van der Waals surface area contributed by atoms with Crippen molar-refractivity contribution >= 4 is 0 Å². The topological polar surface area (TPSA) is 27.7 Å². The summed E-state index contributed by atoms with van der Waals surface area (Å²) in [5.74, 6) is 0.835. The molecule has 18 heavy (non-hydrogen) atoms. The van der Waals surface area contributed by atoms with Crippen LogP contribution >= 0.6 is 0 Å². The fourth-order valence-corrected chi connectivity index (χ4v) is 3.28. The minimum atomic E-state index is 0.408. The van der Waals surface area contributed by atoms with E-state index in [2.05, 4.69) is 36.3 Å². The minimum Gasteiger partial charge on any atom is -0.376 e. The van der Waals surface area contributed by atoms with E-state index in [1.54, 1.807) is 0 Å². The van der Waals surface area contributed by atoms with Crippen molar-refractivity contribution in [3.63, 3.8) is 0 Å². The Morgan fingerprint density at radius 1 is 1.33 bits per heavy atom. The first-order valence-electron chi connectivity index (χ1n) is 7.34. The molecule has 0 aromatic carbocycles. The molecule has 2 rings (SSSR count). The third-order valence-electron chi connectivity index (χ3n) is 4.48.